The van der Waals surface area contributed by atoms with Crippen LogP contribution in [-0.4, -0.2) is 37.3 Å². The van der Waals surface area contributed by atoms with Gasteiger partial charge < -0.3 is 18.6 Å². The van der Waals surface area contributed by atoms with E-state index in [0.717, 1.165) is 6.42 Å². The van der Waals surface area contributed by atoms with Gasteiger partial charge in [-0.2, -0.15) is 0 Å². The topological polar surface area (TPSA) is 109 Å². The molecule has 2 aromatic heterocycles. The third kappa shape index (κ3) is 5.93. The highest BCUT2D eigenvalue weighted by Gasteiger charge is 2.36. The molecule has 0 N–H and O–H groups in total. The molecule has 0 fully saturated rings. The van der Waals surface area contributed by atoms with Crippen molar-refractivity contribution in [2.24, 2.45) is 4.99 Å². The zero-order chi connectivity index (χ0) is 30.7. The largest absolute Gasteiger partial charge is 0.496 e. The SMILES string of the molecule is CCCC1=C(C(=O)OCC)[C@@H](c2cc(Cl)ccc2OC)n2c(s/c(=C/c3ccc(-c4cccc(C(=O)OC)c4)o3)c2=O)=N1. The van der Waals surface area contributed by atoms with E-state index in [1.807, 2.05) is 13.0 Å². The Morgan fingerprint density at radius 1 is 1.09 bits per heavy atom. The number of carbonyl (C=O) groups is 2. The highest BCUT2D eigenvalue weighted by molar-refractivity contribution is 7.07. The maximum Gasteiger partial charge on any atom is 0.338 e. The van der Waals surface area contributed by atoms with Crippen molar-refractivity contribution in [1.29, 1.82) is 0 Å². The third-order valence-corrected chi connectivity index (χ3v) is 8.06. The molecule has 4 aromatic rings. The van der Waals surface area contributed by atoms with E-state index in [2.05, 4.69) is 0 Å². The third-order valence-electron chi connectivity index (χ3n) is 6.85. The Bertz CT molecular complexity index is 1920. The molecule has 0 unspecified atom stereocenters. The first-order chi connectivity index (χ1) is 20.8. The summed E-state index contributed by atoms with van der Waals surface area (Å²) in [5.74, 6) is 0.402. The minimum absolute atomic E-state index is 0.162. The lowest BCUT2D eigenvalue weighted by Crippen LogP contribution is -2.40. The van der Waals surface area contributed by atoms with Crippen molar-refractivity contribution in [3.05, 3.63) is 107 Å². The highest BCUT2D eigenvalue weighted by Crippen LogP contribution is 2.38. The molecule has 0 spiro atoms. The fourth-order valence-electron chi connectivity index (χ4n) is 4.97. The molecule has 2 aromatic carbocycles. The minimum atomic E-state index is -0.874. The van der Waals surface area contributed by atoms with Crippen LogP contribution in [0.15, 0.2) is 80.1 Å². The number of halogens is 1. The normalized spacial score (nSPS) is 14.7. The van der Waals surface area contributed by atoms with Crippen LogP contribution < -0.4 is 19.6 Å². The molecule has 9 nitrogen and oxygen atoms in total. The Morgan fingerprint density at radius 3 is 2.63 bits per heavy atom. The van der Waals surface area contributed by atoms with Gasteiger partial charge in [0.2, 0.25) is 0 Å². The van der Waals surface area contributed by atoms with E-state index >= 15 is 0 Å². The summed E-state index contributed by atoms with van der Waals surface area (Å²) >= 11 is 7.60. The summed E-state index contributed by atoms with van der Waals surface area (Å²) < 4.78 is 23.8. The molecule has 0 saturated heterocycles. The number of allylic oxidation sites excluding steroid dienone is 1. The van der Waals surface area contributed by atoms with Crippen molar-refractivity contribution < 1.29 is 28.2 Å². The van der Waals surface area contributed by atoms with Crippen molar-refractivity contribution in [3.63, 3.8) is 0 Å². The number of hydrogen-bond acceptors (Lipinski definition) is 9. The lowest BCUT2D eigenvalue weighted by molar-refractivity contribution is -0.139. The van der Waals surface area contributed by atoms with E-state index in [4.69, 9.17) is 35.2 Å². The quantitative estimate of drug-likeness (QED) is 0.234. The van der Waals surface area contributed by atoms with E-state index in [9.17, 15) is 14.4 Å². The van der Waals surface area contributed by atoms with E-state index in [0.29, 0.717) is 60.4 Å². The smallest absolute Gasteiger partial charge is 0.338 e. The molecule has 0 radical (unpaired) electrons. The Morgan fingerprint density at radius 2 is 1.91 bits per heavy atom. The lowest BCUT2D eigenvalue weighted by Gasteiger charge is -2.27. The minimum Gasteiger partial charge on any atom is -0.496 e. The Kier molecular flexibility index (Phi) is 8.98. The van der Waals surface area contributed by atoms with Crippen molar-refractivity contribution in [3.8, 4) is 17.1 Å². The molecule has 0 saturated carbocycles. The van der Waals surface area contributed by atoms with Crippen LogP contribution in [0.2, 0.25) is 5.02 Å². The van der Waals surface area contributed by atoms with E-state index < -0.39 is 18.0 Å². The summed E-state index contributed by atoms with van der Waals surface area (Å²) in [6.07, 6.45) is 2.87. The second-order valence-corrected chi connectivity index (χ2v) is 11.0. The van der Waals surface area contributed by atoms with Crippen LogP contribution >= 0.6 is 22.9 Å². The van der Waals surface area contributed by atoms with Crippen LogP contribution in [0.25, 0.3) is 17.4 Å². The number of ether oxygens (including phenoxy) is 3. The monoisotopic (exact) mass is 620 g/mol. The van der Waals surface area contributed by atoms with Crippen LogP contribution in [0.5, 0.6) is 5.75 Å². The van der Waals surface area contributed by atoms with Gasteiger partial charge in [-0.25, -0.2) is 14.6 Å². The number of hydrogen-bond donors (Lipinski definition) is 0. The molecule has 1 atom stereocenters. The summed E-state index contributed by atoms with van der Waals surface area (Å²) in [7, 11) is 2.84. The van der Waals surface area contributed by atoms with Gasteiger partial charge in [-0.05, 0) is 55.8 Å². The summed E-state index contributed by atoms with van der Waals surface area (Å²) in [4.78, 5) is 44.6. The molecule has 5 rings (SSSR count). The number of furan rings is 1. The van der Waals surface area contributed by atoms with Crippen LogP contribution in [0.3, 0.4) is 0 Å². The van der Waals surface area contributed by atoms with E-state index in [1.54, 1.807) is 61.5 Å². The molecule has 1 aliphatic rings. The molecule has 11 heteroatoms. The maximum atomic E-state index is 14.0. The first-order valence-corrected chi connectivity index (χ1v) is 14.8. The Labute approximate surface area is 256 Å². The zero-order valence-corrected chi connectivity index (χ0v) is 25.6. The fourth-order valence-corrected chi connectivity index (χ4v) is 6.15. The van der Waals surface area contributed by atoms with Crippen LogP contribution in [0, 0.1) is 0 Å². The number of nitrogens with zero attached hydrogens (tertiary/aromatic N) is 2. The van der Waals surface area contributed by atoms with E-state index in [-0.39, 0.29) is 17.7 Å². The number of benzene rings is 2. The highest BCUT2D eigenvalue weighted by atomic mass is 35.5. The Hall–Kier alpha value is -4.41. The number of aromatic nitrogens is 1. The second-order valence-electron chi connectivity index (χ2n) is 9.57. The predicted molar refractivity (Wildman–Crippen MR) is 163 cm³/mol. The van der Waals surface area contributed by atoms with Crippen molar-refractivity contribution in [2.45, 2.75) is 32.7 Å². The molecule has 0 bridgehead atoms. The molecule has 0 amide bonds. The lowest BCUT2D eigenvalue weighted by atomic mass is 9.93. The number of fused-ring (bicyclic) bond motifs is 1. The summed E-state index contributed by atoms with van der Waals surface area (Å²) in [6.45, 7) is 3.88. The number of rotatable bonds is 9. The van der Waals surface area contributed by atoms with Crippen molar-refractivity contribution in [2.75, 3.05) is 20.8 Å². The summed E-state index contributed by atoms with van der Waals surface area (Å²) in [5.41, 5.74) is 2.07. The van der Waals surface area contributed by atoms with Crippen molar-refractivity contribution >= 4 is 41.0 Å². The maximum absolute atomic E-state index is 14.0. The van der Waals surface area contributed by atoms with Gasteiger partial charge in [-0.15, -0.1) is 0 Å². The number of carbonyl (C=O) groups excluding carboxylic acids is 2. The number of thiazole rings is 1. The van der Waals surface area contributed by atoms with Gasteiger partial charge in [-0.3, -0.25) is 9.36 Å². The molecule has 3 heterocycles. The summed E-state index contributed by atoms with van der Waals surface area (Å²) in [6, 6.07) is 14.6. The molecular weight excluding hydrogens is 592 g/mol. The molecule has 43 heavy (non-hydrogen) atoms. The first kappa shape index (κ1) is 30.1. The number of esters is 2. The fraction of sp³-hybridized carbons (Fsp3) is 0.250. The zero-order valence-electron chi connectivity index (χ0n) is 24.0. The van der Waals surface area contributed by atoms with Gasteiger partial charge in [0, 0.05) is 22.2 Å². The predicted octanol–water partition coefficient (Wildman–Crippen LogP) is 5.29. The molecule has 1 aliphatic heterocycles. The van der Waals surface area contributed by atoms with Gasteiger partial charge in [-0.1, -0.05) is 48.4 Å². The van der Waals surface area contributed by atoms with Gasteiger partial charge in [0.15, 0.2) is 4.80 Å². The average molecular weight is 621 g/mol. The van der Waals surface area contributed by atoms with Crippen LogP contribution in [0.4, 0.5) is 0 Å². The van der Waals surface area contributed by atoms with Crippen LogP contribution in [-0.2, 0) is 14.3 Å². The number of methoxy groups -OCH3 is 2. The van der Waals surface area contributed by atoms with Gasteiger partial charge in [0.05, 0.1) is 42.2 Å². The molecule has 0 aliphatic carbocycles. The Balaban J connectivity index is 1.67. The standard InChI is InChI=1S/C32H29ClN2O7S/c1-5-8-23-27(31(38)41-6-2)28(22-16-20(33)11-13-25(22)39-3)35-29(36)26(43-32(35)34-23)17-21-12-14-24(42-21)18-9-7-10-19(15-18)30(37)40-4/h7,9-17,28H,5-6,8H2,1-4H3/b26-17+/t28-/m1/s1. The first-order valence-electron chi connectivity index (χ1n) is 13.6. The average Bonchev–Trinajstić information content (AvgIpc) is 3.60. The van der Waals surface area contributed by atoms with E-state index in [1.165, 1.54) is 30.1 Å². The summed E-state index contributed by atoms with van der Waals surface area (Å²) in [5, 5.41) is 0.426. The van der Waals surface area contributed by atoms with Gasteiger partial charge in [0.25, 0.3) is 5.56 Å². The van der Waals surface area contributed by atoms with Crippen LogP contribution in [0.1, 0.15) is 54.4 Å². The van der Waals surface area contributed by atoms with Gasteiger partial charge >= 0.3 is 11.9 Å². The molecular formula is C32H29ClN2O7S. The second kappa shape index (κ2) is 12.8. The van der Waals surface area contributed by atoms with Crippen molar-refractivity contribution in [1.82, 2.24) is 4.57 Å². The molecule has 222 valence electrons. The van der Waals surface area contributed by atoms with Gasteiger partial charge in [0.1, 0.15) is 23.3 Å².